The van der Waals surface area contributed by atoms with Gasteiger partial charge in [0.05, 0.1) is 16.7 Å². The highest BCUT2D eigenvalue weighted by atomic mass is 32.2. The predicted octanol–water partition coefficient (Wildman–Crippen LogP) is 2.51. The number of benzene rings is 1. The van der Waals surface area contributed by atoms with E-state index in [4.69, 9.17) is 0 Å². The van der Waals surface area contributed by atoms with Crippen molar-refractivity contribution in [1.82, 2.24) is 15.1 Å². The smallest absolute Gasteiger partial charge is 0.179 e. The summed E-state index contributed by atoms with van der Waals surface area (Å²) in [6.45, 7) is 8.26. The molecule has 0 aliphatic heterocycles. The molecule has 0 aliphatic carbocycles. The van der Waals surface area contributed by atoms with Crippen LogP contribution in [-0.4, -0.2) is 36.5 Å². The lowest BCUT2D eigenvalue weighted by Crippen LogP contribution is -2.36. The van der Waals surface area contributed by atoms with Crippen molar-refractivity contribution in [1.29, 1.82) is 0 Å². The summed E-state index contributed by atoms with van der Waals surface area (Å²) in [6.07, 6.45) is 3.66. The van der Waals surface area contributed by atoms with Gasteiger partial charge in [-0.1, -0.05) is 12.1 Å². The fourth-order valence-electron chi connectivity index (χ4n) is 2.49. The normalized spacial score (nSPS) is 14.6. The van der Waals surface area contributed by atoms with Crippen molar-refractivity contribution in [3.63, 3.8) is 0 Å². The van der Waals surface area contributed by atoms with E-state index in [-0.39, 0.29) is 17.8 Å². The molecule has 0 unspecified atom stereocenters. The van der Waals surface area contributed by atoms with Gasteiger partial charge in [0.25, 0.3) is 0 Å². The Labute approximate surface area is 138 Å². The summed E-state index contributed by atoms with van der Waals surface area (Å²) in [5.41, 5.74) is 1.76. The second-order valence-electron chi connectivity index (χ2n) is 6.06. The fourth-order valence-corrected chi connectivity index (χ4v) is 4.03. The van der Waals surface area contributed by atoms with Gasteiger partial charge in [0.1, 0.15) is 0 Å². The number of hydrogen-bond acceptors (Lipinski definition) is 4. The molecule has 2 aromatic rings. The summed E-state index contributed by atoms with van der Waals surface area (Å²) in [5.74, 6) is 0.0907. The molecule has 0 bridgehead atoms. The first-order valence-corrected chi connectivity index (χ1v) is 9.49. The third-order valence-corrected chi connectivity index (χ3v) is 6.03. The van der Waals surface area contributed by atoms with Crippen LogP contribution in [0.1, 0.15) is 31.0 Å². The maximum Gasteiger partial charge on any atom is 0.179 e. The van der Waals surface area contributed by atoms with E-state index >= 15 is 0 Å². The Morgan fingerprint density at radius 1 is 1.26 bits per heavy atom. The minimum absolute atomic E-state index is 0.0907. The zero-order chi connectivity index (χ0) is 17.0. The summed E-state index contributed by atoms with van der Waals surface area (Å²) >= 11 is 0. The van der Waals surface area contributed by atoms with Crippen LogP contribution in [0.25, 0.3) is 0 Å². The van der Waals surface area contributed by atoms with Gasteiger partial charge in [-0.05, 0) is 51.0 Å². The van der Waals surface area contributed by atoms with Crippen molar-refractivity contribution >= 4 is 9.84 Å². The van der Waals surface area contributed by atoms with Crippen LogP contribution in [0.15, 0.2) is 41.6 Å². The average molecular weight is 335 g/mol. The monoisotopic (exact) mass is 335 g/mol. The lowest BCUT2D eigenvalue weighted by molar-refractivity contribution is 0.372. The molecule has 2 atom stereocenters. The Hall–Kier alpha value is -1.66. The van der Waals surface area contributed by atoms with E-state index in [0.717, 1.165) is 11.1 Å². The molecule has 1 aromatic heterocycles. The second kappa shape index (κ2) is 7.27. The van der Waals surface area contributed by atoms with Crippen LogP contribution >= 0.6 is 0 Å². The Bertz CT molecular complexity index is 739. The maximum absolute atomic E-state index is 12.5. The Kier molecular flexibility index (Phi) is 5.59. The van der Waals surface area contributed by atoms with E-state index in [1.54, 1.807) is 12.3 Å². The van der Waals surface area contributed by atoms with Crippen LogP contribution in [0, 0.1) is 13.8 Å². The Morgan fingerprint density at radius 3 is 2.65 bits per heavy atom. The van der Waals surface area contributed by atoms with Crippen molar-refractivity contribution in [3.8, 4) is 0 Å². The number of nitrogens with one attached hydrogen (secondary N) is 1. The zero-order valence-corrected chi connectivity index (χ0v) is 15.0. The molecule has 0 amide bonds. The Balaban J connectivity index is 1.96. The third kappa shape index (κ3) is 4.42. The first-order chi connectivity index (χ1) is 10.8. The highest BCUT2D eigenvalue weighted by Crippen LogP contribution is 2.18. The SMILES string of the molecule is Cc1ccc(C)c(S(=O)(=O)CCN[C@@H](C)[C@H](C)n2cccn2)c1. The molecular weight excluding hydrogens is 310 g/mol. The van der Waals surface area contributed by atoms with Gasteiger partial charge >= 0.3 is 0 Å². The number of sulfone groups is 1. The summed E-state index contributed by atoms with van der Waals surface area (Å²) in [4.78, 5) is 0.437. The number of hydrogen-bond donors (Lipinski definition) is 1. The van der Waals surface area contributed by atoms with Crippen LogP contribution < -0.4 is 5.32 Å². The van der Waals surface area contributed by atoms with E-state index < -0.39 is 9.84 Å². The highest BCUT2D eigenvalue weighted by molar-refractivity contribution is 7.91. The molecule has 5 nitrogen and oxygen atoms in total. The van der Waals surface area contributed by atoms with Gasteiger partial charge in [-0.2, -0.15) is 5.10 Å². The maximum atomic E-state index is 12.5. The van der Waals surface area contributed by atoms with E-state index in [2.05, 4.69) is 17.3 Å². The van der Waals surface area contributed by atoms with Crippen LogP contribution in [0.2, 0.25) is 0 Å². The van der Waals surface area contributed by atoms with Gasteiger partial charge in [-0.15, -0.1) is 0 Å². The van der Waals surface area contributed by atoms with Gasteiger partial charge in [0, 0.05) is 25.0 Å². The van der Waals surface area contributed by atoms with Crippen LogP contribution in [-0.2, 0) is 9.84 Å². The summed E-state index contributed by atoms with van der Waals surface area (Å²) in [5, 5.41) is 7.51. The molecule has 0 aliphatic rings. The van der Waals surface area contributed by atoms with Gasteiger partial charge in [-0.3, -0.25) is 4.68 Å². The molecule has 1 aromatic carbocycles. The Morgan fingerprint density at radius 2 is 2.00 bits per heavy atom. The molecule has 6 heteroatoms. The topological polar surface area (TPSA) is 64.0 Å². The number of aryl methyl sites for hydroxylation is 2. The largest absolute Gasteiger partial charge is 0.311 e. The van der Waals surface area contributed by atoms with Crippen LogP contribution in [0.4, 0.5) is 0 Å². The number of aromatic nitrogens is 2. The van der Waals surface area contributed by atoms with Gasteiger partial charge < -0.3 is 5.32 Å². The second-order valence-corrected chi connectivity index (χ2v) is 8.13. The average Bonchev–Trinajstić information content (AvgIpc) is 3.02. The molecule has 1 heterocycles. The molecule has 0 fully saturated rings. The summed E-state index contributed by atoms with van der Waals surface area (Å²) in [6, 6.07) is 7.71. The molecule has 0 saturated heterocycles. The summed E-state index contributed by atoms with van der Waals surface area (Å²) in [7, 11) is -3.27. The zero-order valence-electron chi connectivity index (χ0n) is 14.2. The van der Waals surface area contributed by atoms with Crippen molar-refractivity contribution in [2.45, 2.75) is 44.7 Å². The van der Waals surface area contributed by atoms with Crippen LogP contribution in [0.5, 0.6) is 0 Å². The van der Waals surface area contributed by atoms with Crippen molar-refractivity contribution in [2.75, 3.05) is 12.3 Å². The van der Waals surface area contributed by atoms with Crippen molar-refractivity contribution < 1.29 is 8.42 Å². The molecule has 0 spiro atoms. The van der Waals surface area contributed by atoms with Gasteiger partial charge in [0.15, 0.2) is 9.84 Å². The molecule has 0 saturated carbocycles. The number of rotatable bonds is 7. The van der Waals surface area contributed by atoms with E-state index in [0.29, 0.717) is 11.4 Å². The molecule has 1 N–H and O–H groups in total. The third-order valence-electron chi connectivity index (χ3n) is 4.18. The standard InChI is InChI=1S/C17H25N3O2S/c1-13-6-7-14(2)17(12-13)23(21,22)11-9-18-15(3)16(4)20-10-5-8-19-20/h5-8,10,12,15-16,18H,9,11H2,1-4H3/t15-,16-/m0/s1. The number of nitrogens with zero attached hydrogens (tertiary/aromatic N) is 2. The van der Waals surface area contributed by atoms with Gasteiger partial charge in [0.2, 0.25) is 0 Å². The van der Waals surface area contributed by atoms with Crippen LogP contribution in [0.3, 0.4) is 0 Å². The van der Waals surface area contributed by atoms with Crippen molar-refractivity contribution in [3.05, 3.63) is 47.8 Å². The lowest BCUT2D eigenvalue weighted by Gasteiger charge is -2.22. The minimum atomic E-state index is -3.27. The molecule has 126 valence electrons. The van der Waals surface area contributed by atoms with E-state index in [1.807, 2.05) is 49.8 Å². The highest BCUT2D eigenvalue weighted by Gasteiger charge is 2.19. The molecular formula is C17H25N3O2S. The van der Waals surface area contributed by atoms with E-state index in [9.17, 15) is 8.42 Å². The molecule has 0 radical (unpaired) electrons. The minimum Gasteiger partial charge on any atom is -0.311 e. The van der Waals surface area contributed by atoms with Gasteiger partial charge in [-0.25, -0.2) is 8.42 Å². The quantitative estimate of drug-likeness (QED) is 0.844. The fraction of sp³-hybridized carbons (Fsp3) is 0.471. The molecule has 23 heavy (non-hydrogen) atoms. The first-order valence-electron chi connectivity index (χ1n) is 7.84. The first kappa shape index (κ1) is 17.7. The predicted molar refractivity (Wildman–Crippen MR) is 92.4 cm³/mol. The summed E-state index contributed by atoms with van der Waals surface area (Å²) < 4.78 is 26.9. The van der Waals surface area contributed by atoms with E-state index in [1.165, 1.54) is 0 Å². The van der Waals surface area contributed by atoms with Crippen molar-refractivity contribution in [2.24, 2.45) is 0 Å². The lowest BCUT2D eigenvalue weighted by atomic mass is 10.2. The molecule has 2 rings (SSSR count).